The molecule has 4 aliphatic carbocycles. The molecule has 4 aliphatic rings. The van der Waals surface area contributed by atoms with Gasteiger partial charge >= 0.3 is 0 Å². The van der Waals surface area contributed by atoms with E-state index in [1.54, 1.807) is 5.56 Å². The molecule has 0 saturated heterocycles. The first-order chi connectivity index (χ1) is 8.74. The maximum absolute atomic E-state index is 3.67. The Hall–Kier alpha value is -0.0900. The number of hydrogen-bond acceptors (Lipinski definition) is 1. The predicted molar refractivity (Wildman–Crippen MR) is 82.7 cm³/mol. The van der Waals surface area contributed by atoms with Crippen molar-refractivity contribution in [2.45, 2.75) is 49.5 Å². The van der Waals surface area contributed by atoms with Gasteiger partial charge in [-0.2, -0.15) is 0 Å². The molecule has 2 atom stereocenters. The Morgan fingerprint density at radius 3 is 2.28 bits per heavy atom. The summed E-state index contributed by atoms with van der Waals surface area (Å²) in [7, 11) is 0. The van der Waals surface area contributed by atoms with Crippen LogP contribution in [0.25, 0.3) is 0 Å². The summed E-state index contributed by atoms with van der Waals surface area (Å²) in [6, 6.07) is 11.3. The lowest BCUT2D eigenvalue weighted by Gasteiger charge is -2.62. The Morgan fingerprint density at radius 2 is 1.67 bits per heavy atom. The molecular weight excluding hydrogens is 333 g/mol. The van der Waals surface area contributed by atoms with Gasteiger partial charge in [-0.05, 0) is 61.3 Å². The SMILES string of the molecule is INC12CC3CC(C1)CC(c1ccccc1)(C3)C2. The van der Waals surface area contributed by atoms with Crippen molar-refractivity contribution in [1.82, 2.24) is 3.53 Å². The summed E-state index contributed by atoms with van der Waals surface area (Å²) in [5.74, 6) is 1.93. The van der Waals surface area contributed by atoms with Gasteiger partial charge in [0.1, 0.15) is 0 Å². The zero-order valence-corrected chi connectivity index (χ0v) is 12.8. The van der Waals surface area contributed by atoms with Crippen LogP contribution in [0.5, 0.6) is 0 Å². The van der Waals surface area contributed by atoms with Crippen LogP contribution in [0, 0.1) is 11.8 Å². The van der Waals surface area contributed by atoms with E-state index in [0.29, 0.717) is 11.0 Å². The van der Waals surface area contributed by atoms with E-state index in [0.717, 1.165) is 11.8 Å². The first kappa shape index (κ1) is 11.7. The van der Waals surface area contributed by atoms with Crippen molar-refractivity contribution in [2.24, 2.45) is 11.8 Å². The fourth-order valence-electron chi connectivity index (χ4n) is 5.50. The van der Waals surface area contributed by atoms with Crippen molar-refractivity contribution >= 4 is 22.9 Å². The standard InChI is InChI=1S/C16H20IN/c17-18-16-9-12-6-13(10-16)8-15(7-12,11-16)14-4-2-1-3-5-14/h1-5,12-13,18H,6-11H2. The molecule has 0 heterocycles. The molecule has 4 saturated carbocycles. The van der Waals surface area contributed by atoms with Crippen LogP contribution in [0.15, 0.2) is 30.3 Å². The van der Waals surface area contributed by atoms with Crippen molar-refractivity contribution in [3.63, 3.8) is 0 Å². The topological polar surface area (TPSA) is 12.0 Å². The molecule has 2 heteroatoms. The van der Waals surface area contributed by atoms with Crippen molar-refractivity contribution in [2.75, 3.05) is 0 Å². The summed E-state index contributed by atoms with van der Waals surface area (Å²) in [6.45, 7) is 0. The fourth-order valence-corrected chi connectivity index (χ4v) is 6.13. The molecule has 0 spiro atoms. The molecule has 2 unspecified atom stereocenters. The average Bonchev–Trinajstić information content (AvgIpc) is 2.38. The van der Waals surface area contributed by atoms with Gasteiger partial charge in [0.2, 0.25) is 0 Å². The van der Waals surface area contributed by atoms with Gasteiger partial charge in [-0.15, -0.1) is 0 Å². The van der Waals surface area contributed by atoms with Gasteiger partial charge in [0.05, 0.1) is 0 Å². The van der Waals surface area contributed by atoms with Crippen LogP contribution >= 0.6 is 22.9 Å². The van der Waals surface area contributed by atoms with Gasteiger partial charge in [-0.1, -0.05) is 30.3 Å². The first-order valence-corrected chi connectivity index (χ1v) is 8.25. The minimum Gasteiger partial charge on any atom is -0.255 e. The predicted octanol–water partition coefficient (Wildman–Crippen LogP) is 4.22. The summed E-state index contributed by atoms with van der Waals surface area (Å²) in [4.78, 5) is 0. The minimum absolute atomic E-state index is 0.445. The van der Waals surface area contributed by atoms with Crippen molar-refractivity contribution < 1.29 is 0 Å². The van der Waals surface area contributed by atoms with Crippen molar-refractivity contribution in [1.29, 1.82) is 0 Å². The van der Waals surface area contributed by atoms with E-state index >= 15 is 0 Å². The zero-order valence-electron chi connectivity index (χ0n) is 10.7. The molecule has 1 aromatic carbocycles. The highest BCUT2D eigenvalue weighted by molar-refractivity contribution is 14.1. The Bertz CT molecular complexity index is 441. The lowest BCUT2D eigenvalue weighted by molar-refractivity contribution is -0.0271. The van der Waals surface area contributed by atoms with E-state index in [2.05, 4.69) is 56.7 Å². The molecule has 18 heavy (non-hydrogen) atoms. The monoisotopic (exact) mass is 353 g/mol. The zero-order chi connectivity index (χ0) is 12.2. The van der Waals surface area contributed by atoms with Crippen molar-refractivity contribution in [3.8, 4) is 0 Å². The molecule has 5 rings (SSSR count). The fraction of sp³-hybridized carbons (Fsp3) is 0.625. The Kier molecular flexibility index (Phi) is 2.57. The maximum atomic E-state index is 3.67. The molecule has 1 nitrogen and oxygen atoms in total. The van der Waals surface area contributed by atoms with Gasteiger partial charge in [-0.25, -0.2) is 0 Å². The third-order valence-corrected chi connectivity index (χ3v) is 6.79. The minimum atomic E-state index is 0.445. The first-order valence-electron chi connectivity index (χ1n) is 7.17. The van der Waals surface area contributed by atoms with Gasteiger partial charge in [-0.3, -0.25) is 3.53 Å². The van der Waals surface area contributed by atoms with Crippen LogP contribution in [0.4, 0.5) is 0 Å². The largest absolute Gasteiger partial charge is 0.255 e. The van der Waals surface area contributed by atoms with Crippen LogP contribution in [-0.4, -0.2) is 5.54 Å². The van der Waals surface area contributed by atoms with Crippen LogP contribution in [0.3, 0.4) is 0 Å². The molecule has 96 valence electrons. The van der Waals surface area contributed by atoms with E-state index in [1.165, 1.54) is 38.5 Å². The Balaban J connectivity index is 1.78. The van der Waals surface area contributed by atoms with Crippen LogP contribution < -0.4 is 3.53 Å². The average molecular weight is 353 g/mol. The number of benzene rings is 1. The molecule has 0 aliphatic heterocycles. The molecule has 0 amide bonds. The molecule has 1 aromatic rings. The molecule has 4 bridgehead atoms. The maximum Gasteiger partial charge on any atom is 0.0288 e. The van der Waals surface area contributed by atoms with E-state index in [-0.39, 0.29) is 0 Å². The van der Waals surface area contributed by atoms with Crippen LogP contribution in [0.2, 0.25) is 0 Å². The van der Waals surface area contributed by atoms with E-state index in [4.69, 9.17) is 0 Å². The third kappa shape index (κ3) is 1.61. The second-order valence-electron chi connectivity index (χ2n) is 6.98. The number of halogens is 1. The molecule has 1 N–H and O–H groups in total. The van der Waals surface area contributed by atoms with E-state index in [1.807, 2.05) is 0 Å². The van der Waals surface area contributed by atoms with E-state index in [9.17, 15) is 0 Å². The Labute approximate surface area is 123 Å². The van der Waals surface area contributed by atoms with Crippen LogP contribution in [0.1, 0.15) is 44.1 Å². The van der Waals surface area contributed by atoms with Gasteiger partial charge < -0.3 is 0 Å². The van der Waals surface area contributed by atoms with Crippen molar-refractivity contribution in [3.05, 3.63) is 35.9 Å². The normalized spacial score (nSPS) is 45.4. The summed E-state index contributed by atoms with van der Waals surface area (Å²) in [6.07, 6.45) is 8.57. The van der Waals surface area contributed by atoms with Gasteiger partial charge in [0.25, 0.3) is 0 Å². The quantitative estimate of drug-likeness (QED) is 0.620. The van der Waals surface area contributed by atoms with Gasteiger partial charge in [0.15, 0.2) is 0 Å². The summed E-state index contributed by atoms with van der Waals surface area (Å²) in [5, 5.41) is 0. The van der Waals surface area contributed by atoms with E-state index < -0.39 is 0 Å². The molecule has 0 aromatic heterocycles. The molecule has 4 fully saturated rings. The second kappa shape index (κ2) is 3.95. The summed E-state index contributed by atoms with van der Waals surface area (Å²) < 4.78 is 3.67. The highest BCUT2D eigenvalue weighted by Crippen LogP contribution is 2.62. The highest BCUT2D eigenvalue weighted by atomic mass is 127. The highest BCUT2D eigenvalue weighted by Gasteiger charge is 2.57. The molecular formula is C16H20IN. The smallest absolute Gasteiger partial charge is 0.0288 e. The summed E-state index contributed by atoms with van der Waals surface area (Å²) >= 11 is 2.41. The summed E-state index contributed by atoms with van der Waals surface area (Å²) in [5.41, 5.74) is 2.54. The number of hydrogen-bond donors (Lipinski definition) is 1. The third-order valence-electron chi connectivity index (χ3n) is 5.65. The lowest BCUT2D eigenvalue weighted by Crippen LogP contribution is -2.61. The van der Waals surface area contributed by atoms with Crippen LogP contribution in [-0.2, 0) is 5.41 Å². The second-order valence-corrected chi connectivity index (χ2v) is 7.52. The number of rotatable bonds is 2. The van der Waals surface area contributed by atoms with Gasteiger partial charge in [0, 0.05) is 28.4 Å². The lowest BCUT2D eigenvalue weighted by atomic mass is 9.45. The number of nitrogens with one attached hydrogen (secondary N) is 1. The Morgan fingerprint density at radius 1 is 1.00 bits per heavy atom. The molecule has 0 radical (unpaired) electrons.